The Morgan fingerprint density at radius 2 is 1.08 bits per heavy atom. The highest BCUT2D eigenvalue weighted by Crippen LogP contribution is 2.26. The maximum atomic E-state index is 12.8. The molecule has 3 unspecified atom stereocenters. The zero-order valence-electron chi connectivity index (χ0n) is 34.5. The largest absolute Gasteiger partial charge is 0.465 e. The van der Waals surface area contributed by atoms with Gasteiger partial charge in [0.2, 0.25) is 20.0 Å². The topological polar surface area (TPSA) is 225 Å². The van der Waals surface area contributed by atoms with E-state index in [2.05, 4.69) is 25.4 Å². The van der Waals surface area contributed by atoms with Gasteiger partial charge >= 0.3 is 33.3 Å². The summed E-state index contributed by atoms with van der Waals surface area (Å²) in [6.45, 7) is 9.33. The molecule has 4 saturated heterocycles. The quantitative estimate of drug-likeness (QED) is 0.259. The number of nitrogens with zero attached hydrogens (tertiary/aromatic N) is 2. The second-order valence-corrected chi connectivity index (χ2v) is 19.0. The number of methoxy groups -OCH3 is 2. The summed E-state index contributed by atoms with van der Waals surface area (Å²) in [6, 6.07) is 8.77. The van der Waals surface area contributed by atoms with Gasteiger partial charge in [0, 0.05) is 43.7 Å². The van der Waals surface area contributed by atoms with Crippen molar-refractivity contribution in [1.29, 1.82) is 0 Å². The Morgan fingerprint density at radius 1 is 0.656 bits per heavy atom. The number of carbonyl (C=O) groups excluding carboxylic acids is 2. The van der Waals surface area contributed by atoms with E-state index in [0.717, 1.165) is 19.4 Å². The lowest BCUT2D eigenvalue weighted by Crippen LogP contribution is -2.44. The van der Waals surface area contributed by atoms with Gasteiger partial charge in [0.05, 0.1) is 47.3 Å². The van der Waals surface area contributed by atoms with Crippen LogP contribution in [0.15, 0.2) is 50.7 Å². The molecule has 6 rings (SSSR count). The van der Waals surface area contributed by atoms with Gasteiger partial charge in [0.1, 0.15) is 0 Å². The molecule has 0 aliphatic carbocycles. The van der Waals surface area contributed by atoms with Gasteiger partial charge < -0.3 is 43.2 Å². The van der Waals surface area contributed by atoms with Crippen LogP contribution in [0.25, 0.3) is 0 Å². The van der Waals surface area contributed by atoms with Gasteiger partial charge in [-0.3, -0.25) is 0 Å². The normalized spacial score (nSPS) is 21.2. The van der Waals surface area contributed by atoms with Crippen molar-refractivity contribution in [2.24, 2.45) is 0 Å². The maximum absolute atomic E-state index is 12.8. The molecule has 23 heteroatoms. The molecule has 0 amide bonds. The molecule has 17 nitrogen and oxygen atoms in total. The fourth-order valence-electron chi connectivity index (χ4n) is 6.43. The summed E-state index contributed by atoms with van der Waals surface area (Å²) in [7, 11) is -5.30. The first kappa shape index (κ1) is 56.6. The number of halogens is 1. The van der Waals surface area contributed by atoms with Crippen molar-refractivity contribution in [2.75, 3.05) is 47.0 Å². The van der Waals surface area contributed by atoms with Gasteiger partial charge in [-0.05, 0) is 114 Å². The van der Waals surface area contributed by atoms with E-state index in [1.165, 1.54) is 47.1 Å². The van der Waals surface area contributed by atoms with Crippen LogP contribution in [0, 0.1) is 6.92 Å². The van der Waals surface area contributed by atoms with E-state index in [1.807, 2.05) is 20.5 Å². The van der Waals surface area contributed by atoms with Crippen LogP contribution in [0.3, 0.4) is 0 Å². The number of esters is 2. The average molecular weight is 965 g/mol. The number of benzene rings is 2. The van der Waals surface area contributed by atoms with Crippen molar-refractivity contribution in [3.05, 3.63) is 57.6 Å². The number of aliphatic hydroxyl groups is 3. The van der Waals surface area contributed by atoms with Crippen LogP contribution in [0.5, 0.6) is 0 Å². The molecule has 0 radical (unpaired) electrons. The van der Waals surface area contributed by atoms with Crippen molar-refractivity contribution in [3.63, 3.8) is 0 Å². The molecule has 0 spiro atoms. The smallest absolute Gasteiger partial charge is 0.426 e. The Bertz CT molecular complexity index is 1750. The van der Waals surface area contributed by atoms with Crippen molar-refractivity contribution >= 4 is 69.3 Å². The molecule has 2 aromatic carbocycles. The molecule has 4 aliphatic heterocycles. The number of hydrogen-bond acceptors (Lipinski definition) is 15. The van der Waals surface area contributed by atoms with Crippen LogP contribution in [0.2, 0.25) is 20.5 Å². The highest BCUT2D eigenvalue weighted by Gasteiger charge is 2.32. The monoisotopic (exact) mass is 964 g/mol. The van der Waals surface area contributed by atoms with E-state index in [0.29, 0.717) is 61.7 Å². The Hall–Kier alpha value is -2.41. The zero-order chi connectivity index (χ0) is 43.9. The SMILES string of the molecule is C.C.CB1OB(C)OB(C)O1.COC(=O)c1cc(Br)cc(S(=O)(=O)N2CCCC(O)CC2)c1.COC(=O)c1cc(C)cc(S(=O)(=O)N2CCCC(O)CC2)c1.OC1CCCO1. The van der Waals surface area contributed by atoms with E-state index < -0.39 is 50.5 Å². The van der Waals surface area contributed by atoms with Gasteiger partial charge in [-0.1, -0.05) is 30.8 Å². The third-order valence-corrected chi connectivity index (χ3v) is 13.6. The second kappa shape index (κ2) is 27.0. The lowest BCUT2D eigenvalue weighted by atomic mass is 9.74. The predicted octanol–water partition coefficient (Wildman–Crippen LogP) is 4.88. The number of hydrogen-bond donors (Lipinski definition) is 3. The van der Waals surface area contributed by atoms with E-state index in [9.17, 15) is 36.6 Å². The van der Waals surface area contributed by atoms with Crippen LogP contribution >= 0.6 is 15.9 Å². The molecule has 4 fully saturated rings. The first-order valence-corrected chi connectivity index (χ1v) is 23.2. The lowest BCUT2D eigenvalue weighted by molar-refractivity contribution is -0.0589. The molecule has 0 saturated carbocycles. The zero-order valence-corrected chi connectivity index (χ0v) is 37.7. The first-order valence-electron chi connectivity index (χ1n) is 19.5. The van der Waals surface area contributed by atoms with Crippen LogP contribution in [0.1, 0.15) is 92.5 Å². The summed E-state index contributed by atoms with van der Waals surface area (Å²) in [6.07, 6.45) is 3.73. The summed E-state index contributed by atoms with van der Waals surface area (Å²) in [4.78, 5) is 23.4. The van der Waals surface area contributed by atoms with Gasteiger partial charge in [-0.2, -0.15) is 8.61 Å². The van der Waals surface area contributed by atoms with Crippen molar-refractivity contribution < 1.29 is 69.7 Å². The molecule has 4 aliphatic rings. The number of aryl methyl sites for hydroxylation is 1. The fourth-order valence-corrected chi connectivity index (χ4v) is 10.3. The number of sulfonamides is 2. The predicted molar refractivity (Wildman–Crippen MR) is 238 cm³/mol. The highest BCUT2D eigenvalue weighted by atomic mass is 79.9. The maximum Gasteiger partial charge on any atom is 0.426 e. The third kappa shape index (κ3) is 18.3. The molecule has 3 atom stereocenters. The van der Waals surface area contributed by atoms with Crippen LogP contribution < -0.4 is 0 Å². The van der Waals surface area contributed by atoms with Crippen molar-refractivity contribution in [1.82, 2.24) is 8.61 Å². The summed E-state index contributed by atoms with van der Waals surface area (Å²) in [5.74, 6) is -1.16. The summed E-state index contributed by atoms with van der Waals surface area (Å²) < 4.78 is 83.5. The molecule has 0 bridgehead atoms. The molecular formula is C38H64B3BrN2O15S2. The van der Waals surface area contributed by atoms with Crippen molar-refractivity contribution in [2.45, 2.75) is 122 Å². The molecule has 4 heterocycles. The lowest BCUT2D eigenvalue weighted by Gasteiger charge is -2.25. The Balaban J connectivity index is 0.000000446. The van der Waals surface area contributed by atoms with E-state index in [4.69, 9.17) is 23.6 Å². The molecular weight excluding hydrogens is 901 g/mol. The van der Waals surface area contributed by atoms with E-state index in [-0.39, 0.29) is 70.2 Å². The Morgan fingerprint density at radius 3 is 1.46 bits per heavy atom. The van der Waals surface area contributed by atoms with Gasteiger partial charge in [-0.25, -0.2) is 26.4 Å². The van der Waals surface area contributed by atoms with Crippen molar-refractivity contribution in [3.8, 4) is 0 Å². The van der Waals surface area contributed by atoms with E-state index >= 15 is 0 Å². The van der Waals surface area contributed by atoms with Gasteiger partial charge in [0.25, 0.3) is 0 Å². The minimum atomic E-state index is -3.71. The van der Waals surface area contributed by atoms with Gasteiger partial charge in [-0.15, -0.1) is 0 Å². The third-order valence-electron chi connectivity index (χ3n) is 9.41. The second-order valence-electron chi connectivity index (χ2n) is 14.2. The minimum Gasteiger partial charge on any atom is -0.465 e. The number of aliphatic hydroxyl groups excluding tert-OH is 3. The molecule has 0 aromatic heterocycles. The first-order chi connectivity index (χ1) is 27.8. The van der Waals surface area contributed by atoms with Crippen LogP contribution in [0.4, 0.5) is 0 Å². The van der Waals surface area contributed by atoms with Crippen LogP contribution in [-0.4, -0.2) is 140 Å². The number of ether oxygens (including phenoxy) is 3. The fraction of sp³-hybridized carbons (Fsp3) is 0.632. The highest BCUT2D eigenvalue weighted by molar-refractivity contribution is 9.10. The molecule has 2 aromatic rings. The average Bonchev–Trinajstić information content (AvgIpc) is 3.40. The number of rotatable bonds is 6. The summed E-state index contributed by atoms with van der Waals surface area (Å²) in [5.41, 5.74) is 1.07. The Kier molecular flexibility index (Phi) is 25.1. The molecule has 3 N–H and O–H groups in total. The summed E-state index contributed by atoms with van der Waals surface area (Å²) in [5, 5.41) is 27.8. The standard InChI is InChI=1S/C15H21NO5S.C14H18BrNO5S.C4H8O2.C3H9B3O3.2CH4/c1-11-8-12(15(18)21-2)10-14(9-11)22(19,20)16-6-3-4-13(17)5-7-16;1-21-14(18)10-7-11(15)9-13(8-10)22(19,20)16-5-2-3-12(17)4-6-16;5-4-2-1-3-6-4;1-4-7-5(2)9-6(3)8-4;;/h8-10,13,17H,3-7H2,1-2H3;7-9,12,17H,2-6H2,1H3;4-5H,1-3H2;1-3H3;2*1H4. The van der Waals surface area contributed by atoms with Crippen LogP contribution in [-0.2, 0) is 48.0 Å². The number of carbonyl (C=O) groups is 2. The summed E-state index contributed by atoms with van der Waals surface area (Å²) >= 11 is 3.22. The van der Waals surface area contributed by atoms with E-state index in [1.54, 1.807) is 19.1 Å². The Labute approximate surface area is 372 Å². The minimum absolute atomic E-state index is 0. The molecule has 61 heavy (non-hydrogen) atoms. The van der Waals surface area contributed by atoms with Gasteiger partial charge in [0.15, 0.2) is 6.29 Å². The molecule has 344 valence electrons.